The molecule has 0 bridgehead atoms. The molecule has 1 aliphatic rings. The minimum absolute atomic E-state index is 0.245. The number of nitrogens with zero attached hydrogens (tertiary/aromatic N) is 1. The van der Waals surface area contributed by atoms with Gasteiger partial charge in [0.05, 0.1) is 6.04 Å². The summed E-state index contributed by atoms with van der Waals surface area (Å²) in [5, 5.41) is 0. The number of halogens is 3. The summed E-state index contributed by atoms with van der Waals surface area (Å²) in [4.78, 5) is 40.2. The summed E-state index contributed by atoms with van der Waals surface area (Å²) in [5.41, 5.74) is 0.802. The van der Waals surface area contributed by atoms with Gasteiger partial charge in [-0.3, -0.25) is 19.3 Å². The van der Waals surface area contributed by atoms with E-state index in [9.17, 15) is 23.2 Å². The minimum Gasteiger partial charge on any atom is -0.297 e. The van der Waals surface area contributed by atoms with Crippen LogP contribution in [0.3, 0.4) is 0 Å². The Bertz CT molecular complexity index is 1150. The van der Waals surface area contributed by atoms with Crippen LogP contribution in [0.25, 0.3) is 0 Å². The van der Waals surface area contributed by atoms with Gasteiger partial charge in [0.1, 0.15) is 17.6 Å². The van der Waals surface area contributed by atoms with Crippen molar-refractivity contribution < 1.29 is 23.2 Å². The van der Waals surface area contributed by atoms with Gasteiger partial charge in [-0.05, 0) is 54.1 Å². The summed E-state index contributed by atoms with van der Waals surface area (Å²) in [5.74, 6) is -4.76. The second kappa shape index (κ2) is 7.91. The average Bonchev–Trinajstić information content (AvgIpc) is 3.00. The van der Waals surface area contributed by atoms with E-state index in [-0.39, 0.29) is 11.3 Å². The first-order chi connectivity index (χ1) is 14.4. The quantitative estimate of drug-likeness (QED) is 0.310. The molecule has 3 aromatic carbocycles. The van der Waals surface area contributed by atoms with Crippen LogP contribution in [-0.2, 0) is 9.59 Å². The van der Waals surface area contributed by atoms with Crippen molar-refractivity contribution in [2.45, 2.75) is 6.04 Å². The Hall–Kier alpha value is -3.19. The second-order valence-corrected chi connectivity index (χ2v) is 7.78. The Labute approximate surface area is 179 Å². The summed E-state index contributed by atoms with van der Waals surface area (Å²) >= 11 is 3.29. The Morgan fingerprint density at radius 1 is 0.867 bits per heavy atom. The highest BCUT2D eigenvalue weighted by molar-refractivity contribution is 9.10. The maximum atomic E-state index is 14.0. The Morgan fingerprint density at radius 2 is 1.53 bits per heavy atom. The molecule has 0 aliphatic carbocycles. The highest BCUT2D eigenvalue weighted by atomic mass is 79.9. The number of amides is 1. The van der Waals surface area contributed by atoms with Gasteiger partial charge in [-0.15, -0.1) is 0 Å². The minimum atomic E-state index is -1.36. The number of anilines is 1. The zero-order valence-corrected chi connectivity index (χ0v) is 17.0. The summed E-state index contributed by atoms with van der Waals surface area (Å²) in [7, 11) is 0. The standard InChI is InChI=1S/C23H14BrF2NO3/c24-15-6-4-13(5-7-15)21(28)19-20(14-2-1-3-17(26)12-14)27(23(30)22(19)29)18-10-8-16(25)9-11-18/h1-12,19-20H. The molecule has 0 N–H and O–H groups in total. The van der Waals surface area contributed by atoms with E-state index >= 15 is 0 Å². The molecule has 1 fully saturated rings. The first-order valence-electron chi connectivity index (χ1n) is 9.05. The summed E-state index contributed by atoms with van der Waals surface area (Å²) in [6, 6.07) is 15.8. The molecule has 3 aromatic rings. The van der Waals surface area contributed by atoms with Gasteiger partial charge in [0.25, 0.3) is 5.91 Å². The van der Waals surface area contributed by atoms with E-state index in [0.717, 1.165) is 21.5 Å². The summed E-state index contributed by atoms with van der Waals surface area (Å²) in [6.45, 7) is 0. The summed E-state index contributed by atoms with van der Waals surface area (Å²) < 4.78 is 28.1. The van der Waals surface area contributed by atoms with Crippen LogP contribution in [0.15, 0.2) is 77.3 Å². The molecule has 4 nitrogen and oxygen atoms in total. The number of ketones is 2. The van der Waals surface area contributed by atoms with Crippen LogP contribution in [0.5, 0.6) is 0 Å². The van der Waals surface area contributed by atoms with Gasteiger partial charge in [0.15, 0.2) is 5.78 Å². The van der Waals surface area contributed by atoms with Crippen LogP contribution < -0.4 is 4.90 Å². The van der Waals surface area contributed by atoms with E-state index < -0.39 is 41.1 Å². The zero-order chi connectivity index (χ0) is 21.4. The number of hydrogen-bond acceptors (Lipinski definition) is 3. The highest BCUT2D eigenvalue weighted by Crippen LogP contribution is 2.41. The van der Waals surface area contributed by atoms with Crippen molar-refractivity contribution >= 4 is 39.1 Å². The number of carbonyl (C=O) groups is 3. The molecule has 150 valence electrons. The van der Waals surface area contributed by atoms with E-state index in [2.05, 4.69) is 15.9 Å². The van der Waals surface area contributed by atoms with Crippen LogP contribution in [0.4, 0.5) is 14.5 Å². The van der Waals surface area contributed by atoms with Crippen LogP contribution in [0.1, 0.15) is 22.0 Å². The average molecular weight is 470 g/mol. The monoisotopic (exact) mass is 469 g/mol. The van der Waals surface area contributed by atoms with Gasteiger partial charge in [0.2, 0.25) is 5.78 Å². The molecule has 2 atom stereocenters. The third kappa shape index (κ3) is 3.57. The molecule has 0 spiro atoms. The first kappa shape index (κ1) is 20.1. The number of rotatable bonds is 4. The van der Waals surface area contributed by atoms with E-state index in [1.165, 1.54) is 30.3 Å². The van der Waals surface area contributed by atoms with Gasteiger partial charge < -0.3 is 0 Å². The molecular weight excluding hydrogens is 456 g/mol. The Balaban J connectivity index is 1.86. The van der Waals surface area contributed by atoms with Gasteiger partial charge >= 0.3 is 0 Å². The largest absolute Gasteiger partial charge is 0.297 e. The first-order valence-corrected chi connectivity index (χ1v) is 9.84. The predicted octanol–water partition coefficient (Wildman–Crippen LogP) is 4.88. The predicted molar refractivity (Wildman–Crippen MR) is 110 cm³/mol. The number of Topliss-reactive ketones (excluding diaryl/α,β-unsaturated/α-hetero) is 2. The van der Waals surface area contributed by atoms with Crippen molar-refractivity contribution in [3.8, 4) is 0 Å². The normalized spacial score (nSPS) is 18.7. The van der Waals surface area contributed by atoms with E-state index in [0.29, 0.717) is 5.56 Å². The van der Waals surface area contributed by atoms with Crippen LogP contribution >= 0.6 is 15.9 Å². The Kier molecular flexibility index (Phi) is 5.30. The third-order valence-electron chi connectivity index (χ3n) is 5.01. The van der Waals surface area contributed by atoms with Crippen molar-refractivity contribution in [2.24, 2.45) is 5.92 Å². The SMILES string of the molecule is O=C1C(=O)N(c2ccc(F)cc2)C(c2cccc(F)c2)C1C(=O)c1ccc(Br)cc1. The third-order valence-corrected chi connectivity index (χ3v) is 5.54. The fourth-order valence-electron chi connectivity index (χ4n) is 3.64. The smallest absolute Gasteiger partial charge is 0.295 e. The van der Waals surface area contributed by atoms with Crippen molar-refractivity contribution in [1.82, 2.24) is 0 Å². The van der Waals surface area contributed by atoms with Gasteiger partial charge in [-0.2, -0.15) is 0 Å². The van der Waals surface area contributed by atoms with Gasteiger partial charge in [0, 0.05) is 15.7 Å². The van der Waals surface area contributed by atoms with E-state index in [1.54, 1.807) is 30.3 Å². The lowest BCUT2D eigenvalue weighted by Gasteiger charge is -2.27. The maximum Gasteiger partial charge on any atom is 0.295 e. The number of carbonyl (C=O) groups excluding carboxylic acids is 3. The molecule has 1 saturated heterocycles. The van der Waals surface area contributed by atoms with E-state index in [1.807, 2.05) is 0 Å². The lowest BCUT2D eigenvalue weighted by molar-refractivity contribution is -0.135. The van der Waals surface area contributed by atoms with Gasteiger partial charge in [-0.1, -0.05) is 40.2 Å². The molecule has 0 saturated carbocycles. The molecule has 2 unspecified atom stereocenters. The molecule has 7 heteroatoms. The summed E-state index contributed by atoms with van der Waals surface area (Å²) in [6.07, 6.45) is 0. The topological polar surface area (TPSA) is 54.5 Å². The van der Waals surface area contributed by atoms with Crippen LogP contribution in [0, 0.1) is 17.6 Å². The molecule has 0 radical (unpaired) electrons. The molecule has 30 heavy (non-hydrogen) atoms. The lowest BCUT2D eigenvalue weighted by Crippen LogP contribution is -2.30. The molecule has 1 amide bonds. The van der Waals surface area contributed by atoms with Crippen LogP contribution in [-0.4, -0.2) is 17.5 Å². The van der Waals surface area contributed by atoms with E-state index in [4.69, 9.17) is 0 Å². The van der Waals surface area contributed by atoms with Crippen molar-refractivity contribution in [3.05, 3.63) is 100 Å². The van der Waals surface area contributed by atoms with Crippen molar-refractivity contribution in [2.75, 3.05) is 4.90 Å². The molecule has 0 aromatic heterocycles. The molecule has 1 heterocycles. The number of benzene rings is 3. The second-order valence-electron chi connectivity index (χ2n) is 6.86. The lowest BCUT2D eigenvalue weighted by atomic mass is 9.86. The fraction of sp³-hybridized carbons (Fsp3) is 0.0870. The molecular formula is C23H14BrF2NO3. The zero-order valence-electron chi connectivity index (χ0n) is 15.4. The Morgan fingerprint density at radius 3 is 2.17 bits per heavy atom. The van der Waals surface area contributed by atoms with Crippen molar-refractivity contribution in [3.63, 3.8) is 0 Å². The molecule has 1 aliphatic heterocycles. The van der Waals surface area contributed by atoms with Gasteiger partial charge in [-0.25, -0.2) is 8.78 Å². The maximum absolute atomic E-state index is 14.0. The van der Waals surface area contributed by atoms with Crippen LogP contribution in [0.2, 0.25) is 0 Å². The fourth-order valence-corrected chi connectivity index (χ4v) is 3.90. The molecule has 4 rings (SSSR count). The highest BCUT2D eigenvalue weighted by Gasteiger charge is 2.52. The van der Waals surface area contributed by atoms with Crippen molar-refractivity contribution in [1.29, 1.82) is 0 Å². The number of hydrogen-bond donors (Lipinski definition) is 0.